The molecule has 0 atom stereocenters. The summed E-state index contributed by atoms with van der Waals surface area (Å²) in [7, 11) is -7.46. The maximum absolute atomic E-state index is 13.4. The fourth-order valence-corrected chi connectivity index (χ4v) is 8.83. The minimum atomic E-state index is -3.83. The van der Waals surface area contributed by atoms with Gasteiger partial charge >= 0.3 is 0 Å². The molecule has 0 radical (unpaired) electrons. The fraction of sp³-hybridized carbons (Fsp3) is 0.467. The molecule has 0 amide bonds. The number of nitrogens with one attached hydrogen (secondary N) is 1. The van der Waals surface area contributed by atoms with Crippen LogP contribution in [0.2, 0.25) is 0 Å². The summed E-state index contributed by atoms with van der Waals surface area (Å²) in [4.78, 5) is 20.6. The van der Waals surface area contributed by atoms with Gasteiger partial charge in [-0.05, 0) is 66.5 Å². The molecule has 44 heavy (non-hydrogen) atoms. The first kappa shape index (κ1) is 30.6. The molecular weight excluding hydrogens is 603 g/mol. The molecule has 2 aromatic carbocycles. The van der Waals surface area contributed by atoms with E-state index in [1.807, 2.05) is 12.1 Å². The Bertz CT molecular complexity index is 1930. The topological polar surface area (TPSA) is 151 Å². The van der Waals surface area contributed by atoms with E-state index in [2.05, 4.69) is 48.2 Å². The summed E-state index contributed by atoms with van der Waals surface area (Å²) in [6.07, 6.45) is 2.58. The SMILES string of the molecule is CC(C)(C)c1ccc(Cn2nnc3c(=O)[nH]c(C4CCN(S(=O)(=O)c5ccc(S(=O)(=O)N6CCCC6)cc5)CC4)nc32)cc1. The first-order valence-corrected chi connectivity index (χ1v) is 17.8. The number of benzene rings is 2. The molecule has 2 saturated heterocycles. The summed E-state index contributed by atoms with van der Waals surface area (Å²) in [5, 5.41) is 8.24. The second-order valence-corrected chi connectivity index (χ2v) is 16.5. The van der Waals surface area contributed by atoms with E-state index in [-0.39, 0.29) is 45.3 Å². The van der Waals surface area contributed by atoms with Crippen LogP contribution in [0.15, 0.2) is 63.1 Å². The number of fused-ring (bicyclic) bond motifs is 1. The summed E-state index contributed by atoms with van der Waals surface area (Å²) in [5.74, 6) is 0.337. The largest absolute Gasteiger partial charge is 0.308 e. The lowest BCUT2D eigenvalue weighted by atomic mass is 9.87. The number of hydrogen-bond acceptors (Lipinski definition) is 8. The summed E-state index contributed by atoms with van der Waals surface area (Å²) >= 11 is 0. The summed E-state index contributed by atoms with van der Waals surface area (Å²) in [6.45, 7) is 8.32. The highest BCUT2D eigenvalue weighted by molar-refractivity contribution is 7.89. The number of H-pyrrole nitrogens is 1. The van der Waals surface area contributed by atoms with Gasteiger partial charge in [-0.1, -0.05) is 50.3 Å². The Hall–Kier alpha value is -3.46. The van der Waals surface area contributed by atoms with Gasteiger partial charge in [-0.25, -0.2) is 26.5 Å². The van der Waals surface area contributed by atoms with Crippen molar-refractivity contribution in [2.24, 2.45) is 0 Å². The lowest BCUT2D eigenvalue weighted by molar-refractivity contribution is 0.313. The van der Waals surface area contributed by atoms with Crippen LogP contribution in [0.4, 0.5) is 0 Å². The molecule has 12 nitrogen and oxygen atoms in total. The number of piperidine rings is 1. The van der Waals surface area contributed by atoms with E-state index in [4.69, 9.17) is 4.98 Å². The van der Waals surface area contributed by atoms with Crippen LogP contribution >= 0.6 is 0 Å². The fourth-order valence-electron chi connectivity index (χ4n) is 5.85. The molecular formula is C30H37N7O5S2. The number of sulfonamides is 2. The van der Waals surface area contributed by atoms with Crippen LogP contribution in [0.3, 0.4) is 0 Å². The van der Waals surface area contributed by atoms with Gasteiger partial charge in [0, 0.05) is 32.1 Å². The first-order valence-electron chi connectivity index (χ1n) is 14.9. The van der Waals surface area contributed by atoms with Crippen molar-refractivity contribution in [2.75, 3.05) is 26.2 Å². The zero-order chi connectivity index (χ0) is 31.3. The number of aromatic amines is 1. The first-order chi connectivity index (χ1) is 20.8. The quantitative estimate of drug-likeness (QED) is 0.324. The minimum Gasteiger partial charge on any atom is -0.308 e. The van der Waals surface area contributed by atoms with E-state index in [1.54, 1.807) is 4.68 Å². The third-order valence-corrected chi connectivity index (χ3v) is 12.4. The van der Waals surface area contributed by atoms with E-state index in [1.165, 1.54) is 38.4 Å². The van der Waals surface area contributed by atoms with Crippen molar-refractivity contribution in [3.05, 3.63) is 75.8 Å². The Labute approximate surface area is 257 Å². The summed E-state index contributed by atoms with van der Waals surface area (Å²) in [5.41, 5.74) is 2.44. The molecule has 0 aliphatic carbocycles. The van der Waals surface area contributed by atoms with Crippen molar-refractivity contribution < 1.29 is 16.8 Å². The molecule has 1 N–H and O–H groups in total. The van der Waals surface area contributed by atoms with Gasteiger partial charge in [-0.2, -0.15) is 8.61 Å². The molecule has 4 aromatic rings. The lowest BCUT2D eigenvalue weighted by Gasteiger charge is -2.30. The monoisotopic (exact) mass is 639 g/mol. The molecule has 2 fully saturated rings. The third-order valence-electron chi connectivity index (χ3n) is 8.55. The van der Waals surface area contributed by atoms with Gasteiger partial charge in [0.1, 0.15) is 5.82 Å². The van der Waals surface area contributed by atoms with Crippen molar-refractivity contribution in [1.82, 2.24) is 33.6 Å². The van der Waals surface area contributed by atoms with Crippen LogP contribution in [0.5, 0.6) is 0 Å². The van der Waals surface area contributed by atoms with Crippen LogP contribution in [-0.4, -0.2) is 76.6 Å². The van der Waals surface area contributed by atoms with Gasteiger partial charge < -0.3 is 4.98 Å². The molecule has 14 heteroatoms. The normalized spacial score (nSPS) is 17.9. The van der Waals surface area contributed by atoms with E-state index < -0.39 is 20.0 Å². The Kier molecular flexibility index (Phi) is 7.97. The zero-order valence-electron chi connectivity index (χ0n) is 25.1. The molecule has 2 aliphatic rings. The number of aromatic nitrogens is 5. The van der Waals surface area contributed by atoms with Crippen molar-refractivity contribution in [1.29, 1.82) is 0 Å². The average molecular weight is 640 g/mol. The smallest absolute Gasteiger partial charge is 0.281 e. The maximum Gasteiger partial charge on any atom is 0.281 e. The number of rotatable bonds is 7. The van der Waals surface area contributed by atoms with Crippen molar-refractivity contribution in [3.63, 3.8) is 0 Å². The van der Waals surface area contributed by atoms with Gasteiger partial charge in [-0.3, -0.25) is 4.79 Å². The summed E-state index contributed by atoms with van der Waals surface area (Å²) in [6, 6.07) is 13.7. The molecule has 2 aliphatic heterocycles. The molecule has 0 saturated carbocycles. The van der Waals surface area contributed by atoms with Gasteiger partial charge in [0.25, 0.3) is 5.56 Å². The minimum absolute atomic E-state index is 0.0397. The molecule has 6 rings (SSSR count). The highest BCUT2D eigenvalue weighted by Crippen LogP contribution is 2.30. The highest BCUT2D eigenvalue weighted by atomic mass is 32.2. The van der Waals surface area contributed by atoms with Gasteiger partial charge in [0.15, 0.2) is 11.2 Å². The molecule has 2 aromatic heterocycles. The highest BCUT2D eigenvalue weighted by Gasteiger charge is 2.32. The molecule has 0 spiro atoms. The Morgan fingerprint density at radius 1 is 0.818 bits per heavy atom. The van der Waals surface area contributed by atoms with Crippen LogP contribution in [0.1, 0.15) is 69.3 Å². The van der Waals surface area contributed by atoms with E-state index in [9.17, 15) is 21.6 Å². The predicted octanol–water partition coefficient (Wildman–Crippen LogP) is 3.21. The van der Waals surface area contributed by atoms with Gasteiger partial charge in [0.2, 0.25) is 20.0 Å². The Morgan fingerprint density at radius 3 is 1.91 bits per heavy atom. The molecule has 234 valence electrons. The van der Waals surface area contributed by atoms with Gasteiger partial charge in [0.05, 0.1) is 16.3 Å². The Balaban J connectivity index is 1.16. The zero-order valence-corrected chi connectivity index (χ0v) is 26.7. The molecule has 0 unspecified atom stereocenters. The van der Waals surface area contributed by atoms with Gasteiger partial charge in [-0.15, -0.1) is 5.10 Å². The van der Waals surface area contributed by atoms with Crippen LogP contribution in [0, 0.1) is 0 Å². The lowest BCUT2D eigenvalue weighted by Crippen LogP contribution is -2.38. The molecule has 0 bridgehead atoms. The van der Waals surface area contributed by atoms with Crippen molar-refractivity contribution >= 4 is 31.2 Å². The number of hydrogen-bond donors (Lipinski definition) is 1. The van der Waals surface area contributed by atoms with Crippen molar-refractivity contribution in [2.45, 2.75) is 74.1 Å². The average Bonchev–Trinajstić information content (AvgIpc) is 3.69. The maximum atomic E-state index is 13.4. The second-order valence-electron chi connectivity index (χ2n) is 12.6. The Morgan fingerprint density at radius 2 is 1.36 bits per heavy atom. The van der Waals surface area contributed by atoms with Crippen LogP contribution < -0.4 is 5.56 Å². The second kappa shape index (κ2) is 11.5. The van der Waals surface area contributed by atoms with E-state index >= 15 is 0 Å². The molecule has 4 heterocycles. The third kappa shape index (κ3) is 5.83. The van der Waals surface area contributed by atoms with Crippen molar-refractivity contribution in [3.8, 4) is 0 Å². The van der Waals surface area contributed by atoms with E-state index in [0.717, 1.165) is 18.4 Å². The number of nitrogens with zero attached hydrogens (tertiary/aromatic N) is 6. The standard InChI is InChI=1S/C30H37N7O5S2/c1-30(2,3)23-8-6-21(7-9-23)20-37-28-26(33-34-37)29(38)32-27(31-28)22-14-18-36(19-15-22)44(41,42)25-12-10-24(11-13-25)43(39,40)35-16-4-5-17-35/h6-13,22H,4-5,14-20H2,1-3H3,(H,31,32,38). The predicted molar refractivity (Wildman–Crippen MR) is 165 cm³/mol. The van der Waals surface area contributed by atoms with Crippen LogP contribution in [0.25, 0.3) is 11.2 Å². The van der Waals surface area contributed by atoms with E-state index in [0.29, 0.717) is 43.9 Å². The van der Waals surface area contributed by atoms with Crippen LogP contribution in [-0.2, 0) is 32.0 Å². The summed E-state index contributed by atoms with van der Waals surface area (Å²) < 4.78 is 56.9.